The number of carbonyl (C=O) groups is 1. The van der Waals surface area contributed by atoms with Gasteiger partial charge in [0.05, 0.1) is 17.6 Å². The number of hydrogen-bond acceptors (Lipinski definition) is 6. The Labute approximate surface area is 237 Å². The molecule has 0 atom stereocenters. The SMILES string of the molecule is CC.CC.CCCCc1nc2c(N)nc3cc(C(C)C)ccc3c2n1Cc1cccc(O)c1O.NC(=O)CCl. The normalized spacial score (nSPS) is 10.3. The van der Waals surface area contributed by atoms with Gasteiger partial charge in [-0.2, -0.15) is 0 Å². The summed E-state index contributed by atoms with van der Waals surface area (Å²) >= 11 is 4.86. The summed E-state index contributed by atoms with van der Waals surface area (Å²) in [5.74, 6) is 0.918. The van der Waals surface area contributed by atoms with Crippen molar-refractivity contribution in [3.8, 4) is 11.5 Å². The molecule has 1 amide bonds. The molecule has 6 N–H and O–H groups in total. The smallest absolute Gasteiger partial charge is 0.232 e. The molecule has 4 aromatic rings. The number of nitrogens with two attached hydrogens (primary N) is 2. The molecule has 0 saturated carbocycles. The van der Waals surface area contributed by atoms with Crippen molar-refractivity contribution >= 4 is 45.3 Å². The van der Waals surface area contributed by atoms with Gasteiger partial charge in [-0.3, -0.25) is 4.79 Å². The minimum absolute atomic E-state index is 0.0833. The van der Waals surface area contributed by atoms with Crippen molar-refractivity contribution < 1.29 is 15.0 Å². The van der Waals surface area contributed by atoms with Gasteiger partial charge in [-0.25, -0.2) is 9.97 Å². The first-order chi connectivity index (χ1) is 18.7. The fourth-order valence-electron chi connectivity index (χ4n) is 3.91. The summed E-state index contributed by atoms with van der Waals surface area (Å²) in [4.78, 5) is 18.9. The number of rotatable bonds is 7. The zero-order valence-electron chi connectivity index (χ0n) is 24.3. The van der Waals surface area contributed by atoms with Crippen LogP contribution in [-0.2, 0) is 17.8 Å². The zero-order valence-corrected chi connectivity index (χ0v) is 25.0. The molecule has 2 aromatic carbocycles. The third-order valence-corrected chi connectivity index (χ3v) is 6.05. The summed E-state index contributed by atoms with van der Waals surface area (Å²) in [5, 5.41) is 21.3. The molecule has 2 aromatic heterocycles. The van der Waals surface area contributed by atoms with Crippen LogP contribution in [0.2, 0.25) is 0 Å². The van der Waals surface area contributed by atoms with Crippen molar-refractivity contribution in [1.29, 1.82) is 0 Å². The van der Waals surface area contributed by atoms with E-state index in [1.54, 1.807) is 6.07 Å². The van der Waals surface area contributed by atoms with E-state index in [0.717, 1.165) is 41.5 Å². The summed E-state index contributed by atoms with van der Waals surface area (Å²) in [5.41, 5.74) is 15.1. The van der Waals surface area contributed by atoms with E-state index in [-0.39, 0.29) is 17.4 Å². The van der Waals surface area contributed by atoms with Gasteiger partial charge in [0.1, 0.15) is 17.2 Å². The third kappa shape index (κ3) is 8.48. The summed E-state index contributed by atoms with van der Waals surface area (Å²) in [6.45, 7) is 14.8. The van der Waals surface area contributed by atoms with Crippen molar-refractivity contribution in [2.75, 3.05) is 11.6 Å². The highest BCUT2D eigenvalue weighted by atomic mass is 35.5. The van der Waals surface area contributed by atoms with E-state index in [9.17, 15) is 15.0 Å². The Morgan fingerprint density at radius 2 is 1.72 bits per heavy atom. The van der Waals surface area contributed by atoms with E-state index in [1.165, 1.54) is 11.6 Å². The number of aromatic nitrogens is 3. The quantitative estimate of drug-likeness (QED) is 0.144. The zero-order chi connectivity index (χ0) is 29.7. The van der Waals surface area contributed by atoms with E-state index in [0.29, 0.717) is 29.4 Å². The number of phenolic OH excluding ortho intramolecular Hbond substituents is 2. The molecule has 0 fully saturated rings. The molecule has 0 radical (unpaired) electrons. The van der Waals surface area contributed by atoms with Crippen molar-refractivity contribution in [3.63, 3.8) is 0 Å². The average Bonchev–Trinajstić information content (AvgIpc) is 3.31. The second-order valence-electron chi connectivity index (χ2n) is 8.73. The lowest BCUT2D eigenvalue weighted by atomic mass is 10.0. The van der Waals surface area contributed by atoms with Crippen LogP contribution in [0.1, 0.15) is 84.2 Å². The van der Waals surface area contributed by atoms with Gasteiger partial charge in [0.15, 0.2) is 17.3 Å². The Balaban J connectivity index is 0.000000748. The Kier molecular flexibility index (Phi) is 14.1. The molecule has 2 heterocycles. The molecule has 214 valence electrons. The monoisotopic (exact) mass is 557 g/mol. The largest absolute Gasteiger partial charge is 0.504 e. The van der Waals surface area contributed by atoms with Crippen molar-refractivity contribution in [1.82, 2.24) is 14.5 Å². The number of unbranched alkanes of at least 4 members (excludes halogenated alkanes) is 1. The number of hydrogen-bond donors (Lipinski definition) is 4. The first kappa shape index (κ1) is 33.5. The van der Waals surface area contributed by atoms with Crippen molar-refractivity contribution in [2.24, 2.45) is 5.73 Å². The number of fused-ring (bicyclic) bond motifs is 3. The van der Waals surface area contributed by atoms with Crippen LogP contribution in [0.4, 0.5) is 5.82 Å². The van der Waals surface area contributed by atoms with Gasteiger partial charge < -0.3 is 26.2 Å². The molecule has 9 heteroatoms. The maximum absolute atomic E-state index is 10.4. The Hall–Kier alpha value is -3.52. The van der Waals surface area contributed by atoms with Crippen LogP contribution in [0, 0.1) is 0 Å². The number of nitrogens with zero attached hydrogens (tertiary/aromatic N) is 3. The average molecular weight is 558 g/mol. The second-order valence-corrected chi connectivity index (χ2v) is 9.00. The first-order valence-corrected chi connectivity index (χ1v) is 14.1. The highest BCUT2D eigenvalue weighted by Crippen LogP contribution is 2.34. The van der Waals surface area contributed by atoms with Gasteiger partial charge >= 0.3 is 0 Å². The molecule has 0 unspecified atom stereocenters. The lowest BCUT2D eigenvalue weighted by molar-refractivity contribution is -0.115. The number of aryl methyl sites for hydroxylation is 1. The van der Waals surface area contributed by atoms with Gasteiger partial charge in [0.25, 0.3) is 0 Å². The molecular weight excluding hydrogens is 514 g/mol. The van der Waals surface area contributed by atoms with Gasteiger partial charge in [-0.05, 0) is 30.0 Å². The molecule has 0 saturated heterocycles. The number of amides is 1. The van der Waals surface area contributed by atoms with Crippen LogP contribution >= 0.6 is 11.6 Å². The fourth-order valence-corrected chi connectivity index (χ4v) is 3.91. The number of primary amides is 1. The summed E-state index contributed by atoms with van der Waals surface area (Å²) in [7, 11) is 0. The highest BCUT2D eigenvalue weighted by Gasteiger charge is 2.19. The number of nitrogen functional groups attached to an aromatic ring is 1. The number of aromatic hydroxyl groups is 2. The van der Waals surface area contributed by atoms with Crippen LogP contribution in [0.25, 0.3) is 21.9 Å². The number of carbonyl (C=O) groups excluding carboxylic acids is 1. The maximum atomic E-state index is 10.4. The van der Waals surface area contributed by atoms with Crippen LogP contribution in [0.5, 0.6) is 11.5 Å². The number of phenols is 2. The maximum Gasteiger partial charge on any atom is 0.232 e. The van der Waals surface area contributed by atoms with E-state index < -0.39 is 5.91 Å². The minimum Gasteiger partial charge on any atom is -0.504 e. The van der Waals surface area contributed by atoms with Crippen molar-refractivity contribution in [2.45, 2.75) is 80.2 Å². The standard InChI is InChI=1S/C24H28N4O2.C2H4ClNO.2C2H6/c1-4-5-9-20-27-21-22(28(20)13-16-7-6-8-19(29)23(16)30)17-11-10-15(14(2)3)12-18(17)26-24(21)25;3-1-2(4)5;2*1-2/h6-8,10-12,14,29-30H,4-5,9,13H2,1-3H3,(H2,25,26);1H2,(H2,4,5);2*1-2H3. The van der Waals surface area contributed by atoms with E-state index >= 15 is 0 Å². The molecule has 0 aliphatic heterocycles. The summed E-state index contributed by atoms with van der Waals surface area (Å²) in [6.07, 6.45) is 2.85. The molecule has 4 rings (SSSR count). The number of pyridine rings is 1. The number of benzene rings is 2. The summed E-state index contributed by atoms with van der Waals surface area (Å²) in [6, 6.07) is 11.3. The second kappa shape index (κ2) is 16.4. The predicted octanol–water partition coefficient (Wildman–Crippen LogP) is 6.86. The number of halogens is 1. The van der Waals surface area contributed by atoms with Crippen LogP contribution in [-0.4, -0.2) is 36.5 Å². The van der Waals surface area contributed by atoms with Crippen LogP contribution < -0.4 is 11.5 Å². The lowest BCUT2D eigenvalue weighted by Crippen LogP contribution is -2.10. The van der Waals surface area contributed by atoms with Crippen LogP contribution in [0.15, 0.2) is 36.4 Å². The molecule has 0 spiro atoms. The third-order valence-electron chi connectivity index (χ3n) is 5.79. The van der Waals surface area contributed by atoms with Gasteiger partial charge in [0.2, 0.25) is 5.91 Å². The lowest BCUT2D eigenvalue weighted by Gasteiger charge is -2.13. The topological polar surface area (TPSA) is 140 Å². The van der Waals surface area contributed by atoms with Gasteiger partial charge in [-0.15, -0.1) is 11.6 Å². The number of imidazole rings is 1. The predicted molar refractivity (Wildman–Crippen MR) is 164 cm³/mol. The summed E-state index contributed by atoms with van der Waals surface area (Å²) < 4.78 is 2.11. The molecular formula is C30H44ClN5O3. The van der Waals surface area contributed by atoms with Gasteiger partial charge in [0, 0.05) is 17.4 Å². The van der Waals surface area contributed by atoms with E-state index in [2.05, 4.69) is 54.3 Å². The molecule has 39 heavy (non-hydrogen) atoms. The Bertz CT molecular complexity index is 1350. The minimum atomic E-state index is -0.480. The van der Waals surface area contributed by atoms with Crippen molar-refractivity contribution in [3.05, 3.63) is 53.3 Å². The number of para-hydroxylation sites is 1. The Morgan fingerprint density at radius 1 is 1.08 bits per heavy atom. The fraction of sp³-hybridized carbons (Fsp3) is 0.433. The van der Waals surface area contributed by atoms with E-state index in [4.69, 9.17) is 22.3 Å². The first-order valence-electron chi connectivity index (χ1n) is 13.6. The molecule has 0 bridgehead atoms. The van der Waals surface area contributed by atoms with Gasteiger partial charge in [-0.1, -0.05) is 79.2 Å². The van der Waals surface area contributed by atoms with Crippen LogP contribution in [0.3, 0.4) is 0 Å². The Morgan fingerprint density at radius 3 is 2.28 bits per heavy atom. The molecule has 8 nitrogen and oxygen atoms in total. The number of anilines is 1. The number of alkyl halides is 1. The van der Waals surface area contributed by atoms with E-state index in [1.807, 2.05) is 33.8 Å². The molecule has 0 aliphatic rings. The highest BCUT2D eigenvalue weighted by molar-refractivity contribution is 6.27. The molecule has 0 aliphatic carbocycles.